The van der Waals surface area contributed by atoms with Gasteiger partial charge in [0.15, 0.2) is 0 Å². The Labute approximate surface area is 141 Å². The number of hydrogen-bond acceptors (Lipinski definition) is 4. The minimum atomic E-state index is -4.62. The minimum Gasteiger partial charge on any atom is -0.326 e. The highest BCUT2D eigenvalue weighted by Gasteiger charge is 2.34. The first kappa shape index (κ1) is 18.4. The van der Waals surface area contributed by atoms with E-state index in [1.807, 2.05) is 6.92 Å². The number of aryl methyl sites for hydroxylation is 1. The van der Waals surface area contributed by atoms with Gasteiger partial charge in [0.05, 0.1) is 5.75 Å². The maximum Gasteiger partial charge on any atom is 0.302 e. The van der Waals surface area contributed by atoms with Crippen molar-refractivity contribution in [3.63, 3.8) is 0 Å². The zero-order valence-electron chi connectivity index (χ0n) is 13.9. The van der Waals surface area contributed by atoms with Gasteiger partial charge in [-0.2, -0.15) is 8.42 Å². The Hall–Kier alpha value is -1.96. The number of hydrogen-bond donors (Lipinski definition) is 1. The maximum atomic E-state index is 12.9. The number of halogens is 1. The van der Waals surface area contributed by atoms with Crippen molar-refractivity contribution >= 4 is 33.4 Å². The van der Waals surface area contributed by atoms with Crippen molar-refractivity contribution in [1.29, 1.82) is 0 Å². The van der Waals surface area contributed by atoms with Crippen LogP contribution in [-0.2, 0) is 19.8 Å². The SMILES string of the molecule is Cc1ccc(NC(=O)C(C)C)cc1N1CC(CS(=O)(=O)F)CC1=O. The van der Waals surface area contributed by atoms with Crippen LogP contribution in [0.5, 0.6) is 0 Å². The van der Waals surface area contributed by atoms with Crippen LogP contribution in [0.25, 0.3) is 0 Å². The third-order valence-electron chi connectivity index (χ3n) is 3.93. The summed E-state index contributed by atoms with van der Waals surface area (Å²) in [6, 6.07) is 5.20. The van der Waals surface area contributed by atoms with Crippen LogP contribution in [0.4, 0.5) is 15.3 Å². The fraction of sp³-hybridized carbons (Fsp3) is 0.500. The van der Waals surface area contributed by atoms with E-state index < -0.39 is 21.9 Å². The first-order valence-corrected chi connectivity index (χ1v) is 9.26. The Bertz CT molecular complexity index is 761. The van der Waals surface area contributed by atoms with E-state index in [-0.39, 0.29) is 30.7 Å². The molecule has 1 aromatic carbocycles. The number of anilines is 2. The average Bonchev–Trinajstić information content (AvgIpc) is 2.79. The second-order valence-electron chi connectivity index (χ2n) is 6.43. The van der Waals surface area contributed by atoms with Crippen molar-refractivity contribution in [1.82, 2.24) is 0 Å². The molecule has 0 aromatic heterocycles. The zero-order valence-corrected chi connectivity index (χ0v) is 14.7. The molecule has 1 aromatic rings. The zero-order chi connectivity index (χ0) is 18.1. The average molecular weight is 356 g/mol. The molecule has 1 aliphatic rings. The molecule has 132 valence electrons. The van der Waals surface area contributed by atoms with Gasteiger partial charge in [-0.15, -0.1) is 3.89 Å². The normalized spacial score (nSPS) is 18.3. The van der Waals surface area contributed by atoms with Crippen molar-refractivity contribution in [3.8, 4) is 0 Å². The summed E-state index contributed by atoms with van der Waals surface area (Å²) in [5.74, 6) is -1.79. The molecular formula is C16H21FN2O4S. The van der Waals surface area contributed by atoms with Crippen LogP contribution >= 0.6 is 0 Å². The van der Waals surface area contributed by atoms with Crippen LogP contribution in [0.15, 0.2) is 18.2 Å². The lowest BCUT2D eigenvalue weighted by atomic mass is 10.1. The topological polar surface area (TPSA) is 83.6 Å². The van der Waals surface area contributed by atoms with Gasteiger partial charge < -0.3 is 10.2 Å². The van der Waals surface area contributed by atoms with Crippen LogP contribution in [0.2, 0.25) is 0 Å². The Balaban J connectivity index is 2.22. The molecule has 0 bridgehead atoms. The molecule has 1 aliphatic heterocycles. The van der Waals surface area contributed by atoms with E-state index in [0.29, 0.717) is 11.4 Å². The van der Waals surface area contributed by atoms with E-state index in [9.17, 15) is 21.9 Å². The molecule has 2 amide bonds. The number of nitrogens with zero attached hydrogens (tertiary/aromatic N) is 1. The molecule has 1 fully saturated rings. The molecular weight excluding hydrogens is 335 g/mol. The first-order valence-electron chi connectivity index (χ1n) is 7.71. The van der Waals surface area contributed by atoms with Gasteiger partial charge in [0, 0.05) is 36.2 Å². The summed E-state index contributed by atoms with van der Waals surface area (Å²) in [6.07, 6.45) is -0.00876. The van der Waals surface area contributed by atoms with Gasteiger partial charge in [-0.3, -0.25) is 9.59 Å². The smallest absolute Gasteiger partial charge is 0.302 e. The summed E-state index contributed by atoms with van der Waals surface area (Å²) in [6.45, 7) is 5.51. The second-order valence-corrected chi connectivity index (χ2v) is 7.84. The molecule has 2 rings (SSSR count). The molecule has 1 heterocycles. The van der Waals surface area contributed by atoms with Crippen molar-refractivity contribution < 1.29 is 21.9 Å². The molecule has 1 atom stereocenters. The minimum absolute atomic E-state index is 0.00876. The number of nitrogens with one attached hydrogen (secondary N) is 1. The predicted molar refractivity (Wildman–Crippen MR) is 90.0 cm³/mol. The molecule has 1 N–H and O–H groups in total. The summed E-state index contributed by atoms with van der Waals surface area (Å²) in [7, 11) is -4.62. The predicted octanol–water partition coefficient (Wildman–Crippen LogP) is 2.24. The van der Waals surface area contributed by atoms with E-state index in [1.165, 1.54) is 4.90 Å². The number of carbonyl (C=O) groups excluding carboxylic acids is 2. The number of rotatable bonds is 5. The molecule has 0 saturated carbocycles. The van der Waals surface area contributed by atoms with Gasteiger partial charge in [0.25, 0.3) is 0 Å². The van der Waals surface area contributed by atoms with Crippen molar-refractivity contribution in [2.45, 2.75) is 27.2 Å². The van der Waals surface area contributed by atoms with Crippen LogP contribution in [0.1, 0.15) is 25.8 Å². The van der Waals surface area contributed by atoms with E-state index in [1.54, 1.807) is 32.0 Å². The highest BCUT2D eigenvalue weighted by molar-refractivity contribution is 7.86. The van der Waals surface area contributed by atoms with E-state index in [0.717, 1.165) is 5.56 Å². The maximum absolute atomic E-state index is 12.9. The van der Waals surface area contributed by atoms with Crippen LogP contribution in [0, 0.1) is 18.8 Å². The standard InChI is InChI=1S/C16H21FN2O4S/c1-10(2)16(21)18-13-5-4-11(3)14(7-13)19-8-12(6-15(19)20)9-24(17,22)23/h4-5,7,10,12H,6,8-9H2,1-3H3,(H,18,21). The Morgan fingerprint density at radius 1 is 1.42 bits per heavy atom. The fourth-order valence-electron chi connectivity index (χ4n) is 2.67. The lowest BCUT2D eigenvalue weighted by Crippen LogP contribution is -2.26. The fourth-order valence-corrected chi connectivity index (χ4v) is 3.46. The highest BCUT2D eigenvalue weighted by atomic mass is 32.3. The molecule has 1 saturated heterocycles. The van der Waals surface area contributed by atoms with Crippen molar-refractivity contribution in [2.24, 2.45) is 11.8 Å². The summed E-state index contributed by atoms with van der Waals surface area (Å²) in [5.41, 5.74) is 1.97. The molecule has 24 heavy (non-hydrogen) atoms. The number of carbonyl (C=O) groups is 2. The van der Waals surface area contributed by atoms with Crippen LogP contribution in [-0.4, -0.2) is 32.5 Å². The lowest BCUT2D eigenvalue weighted by molar-refractivity contribution is -0.119. The second kappa shape index (κ2) is 6.88. The van der Waals surface area contributed by atoms with Gasteiger partial charge >= 0.3 is 10.2 Å². The highest BCUT2D eigenvalue weighted by Crippen LogP contribution is 2.31. The van der Waals surface area contributed by atoms with E-state index in [2.05, 4.69) is 5.32 Å². The van der Waals surface area contributed by atoms with Gasteiger partial charge in [-0.1, -0.05) is 19.9 Å². The van der Waals surface area contributed by atoms with Gasteiger partial charge in [0.2, 0.25) is 11.8 Å². The van der Waals surface area contributed by atoms with Gasteiger partial charge in [-0.25, -0.2) is 0 Å². The largest absolute Gasteiger partial charge is 0.326 e. The molecule has 1 unspecified atom stereocenters. The summed E-state index contributed by atoms with van der Waals surface area (Å²) >= 11 is 0. The van der Waals surface area contributed by atoms with E-state index in [4.69, 9.17) is 0 Å². The molecule has 0 spiro atoms. The molecule has 8 heteroatoms. The Kier molecular flexibility index (Phi) is 5.27. The summed E-state index contributed by atoms with van der Waals surface area (Å²) < 4.78 is 34.5. The molecule has 6 nitrogen and oxygen atoms in total. The van der Waals surface area contributed by atoms with Crippen LogP contribution < -0.4 is 10.2 Å². The van der Waals surface area contributed by atoms with Crippen LogP contribution in [0.3, 0.4) is 0 Å². The lowest BCUT2D eigenvalue weighted by Gasteiger charge is -2.20. The van der Waals surface area contributed by atoms with Gasteiger partial charge in [0.1, 0.15) is 0 Å². The monoisotopic (exact) mass is 356 g/mol. The summed E-state index contributed by atoms with van der Waals surface area (Å²) in [4.78, 5) is 25.4. The molecule has 0 radical (unpaired) electrons. The Morgan fingerprint density at radius 3 is 2.67 bits per heavy atom. The third kappa shape index (κ3) is 4.53. The summed E-state index contributed by atoms with van der Waals surface area (Å²) in [5, 5.41) is 2.76. The molecule has 0 aliphatic carbocycles. The number of benzene rings is 1. The van der Waals surface area contributed by atoms with E-state index >= 15 is 0 Å². The Morgan fingerprint density at radius 2 is 2.08 bits per heavy atom. The quantitative estimate of drug-likeness (QED) is 0.820. The number of amides is 2. The van der Waals surface area contributed by atoms with Crippen molar-refractivity contribution in [2.75, 3.05) is 22.5 Å². The first-order chi connectivity index (χ1) is 11.1. The van der Waals surface area contributed by atoms with Gasteiger partial charge in [-0.05, 0) is 24.6 Å². The third-order valence-corrected chi connectivity index (χ3v) is 4.80. The van der Waals surface area contributed by atoms with Crippen molar-refractivity contribution in [3.05, 3.63) is 23.8 Å².